The van der Waals surface area contributed by atoms with E-state index in [4.69, 9.17) is 4.74 Å². The summed E-state index contributed by atoms with van der Waals surface area (Å²) in [6.07, 6.45) is -13.4. The van der Waals surface area contributed by atoms with Gasteiger partial charge in [0.15, 0.2) is 5.41 Å². The van der Waals surface area contributed by atoms with Gasteiger partial charge in [0.05, 0.1) is 0 Å². The molecule has 1 heterocycles. The average Bonchev–Trinajstić information content (AvgIpc) is 2.87. The monoisotopic (exact) mass is 406 g/mol. The van der Waals surface area contributed by atoms with Crippen LogP contribution in [0.4, 0.5) is 31.1 Å². The van der Waals surface area contributed by atoms with Crippen molar-refractivity contribution in [3.05, 3.63) is 0 Å². The molecule has 158 valence electrons. The number of hydrogen-bond donors (Lipinski definition) is 1. The normalized spacial score (nSPS) is 19.2. The van der Waals surface area contributed by atoms with E-state index >= 15 is 0 Å². The molecule has 1 rings (SSSR count). The molecule has 0 saturated carbocycles. The predicted molar refractivity (Wildman–Crippen MR) is 83.7 cm³/mol. The maximum absolute atomic E-state index is 13.2. The summed E-state index contributed by atoms with van der Waals surface area (Å²) < 4.78 is 83.9. The lowest BCUT2D eigenvalue weighted by Crippen LogP contribution is -2.55. The van der Waals surface area contributed by atoms with E-state index in [-0.39, 0.29) is 0 Å². The second-order valence-corrected chi connectivity index (χ2v) is 7.96. The largest absolute Gasteiger partial charge is 0.444 e. The van der Waals surface area contributed by atoms with Crippen molar-refractivity contribution in [1.29, 1.82) is 0 Å². The van der Waals surface area contributed by atoms with Crippen molar-refractivity contribution < 1.29 is 40.7 Å². The van der Waals surface area contributed by atoms with Crippen molar-refractivity contribution in [2.45, 2.75) is 65.0 Å². The van der Waals surface area contributed by atoms with Gasteiger partial charge >= 0.3 is 18.4 Å². The van der Waals surface area contributed by atoms with Crippen LogP contribution < -0.4 is 5.32 Å². The minimum atomic E-state index is -5.55. The van der Waals surface area contributed by atoms with Crippen LogP contribution in [0.15, 0.2) is 0 Å². The second kappa shape index (κ2) is 7.38. The number of amides is 2. The van der Waals surface area contributed by atoms with E-state index in [0.29, 0.717) is 4.90 Å². The zero-order chi connectivity index (χ0) is 21.4. The molecule has 1 saturated heterocycles. The fourth-order valence-electron chi connectivity index (χ4n) is 2.77. The molecule has 0 aromatic rings. The molecule has 1 aliphatic rings. The Kier molecular flexibility index (Phi) is 6.39. The molecule has 1 N–H and O–H groups in total. The van der Waals surface area contributed by atoms with E-state index in [1.54, 1.807) is 20.8 Å². The number of alkyl carbamates (subject to hydrolysis) is 1. The van der Waals surface area contributed by atoms with E-state index in [0.717, 1.165) is 0 Å². The van der Waals surface area contributed by atoms with Crippen LogP contribution in [0.5, 0.6) is 0 Å². The van der Waals surface area contributed by atoms with Crippen LogP contribution in [0.25, 0.3) is 0 Å². The van der Waals surface area contributed by atoms with Crippen LogP contribution in [-0.4, -0.2) is 54.0 Å². The highest BCUT2D eigenvalue weighted by Crippen LogP contribution is 2.55. The van der Waals surface area contributed by atoms with Crippen LogP contribution in [0, 0.1) is 11.3 Å². The molecule has 0 aromatic heterocycles. The number of halogens is 6. The summed E-state index contributed by atoms with van der Waals surface area (Å²) in [5, 5.41) is 2.24. The van der Waals surface area contributed by atoms with Crippen LogP contribution in [0.1, 0.15) is 41.0 Å². The SMILES string of the molecule is CC(C)C(NC(=O)OC(C)(C)C)C(=O)N1CCC(C(F)(F)F)(C(F)(F)F)C1. The van der Waals surface area contributed by atoms with Gasteiger partial charge in [-0.3, -0.25) is 4.79 Å². The van der Waals surface area contributed by atoms with Crippen molar-refractivity contribution in [1.82, 2.24) is 10.2 Å². The maximum atomic E-state index is 13.2. The topological polar surface area (TPSA) is 58.6 Å². The van der Waals surface area contributed by atoms with Gasteiger partial charge in [-0.15, -0.1) is 0 Å². The van der Waals surface area contributed by atoms with Gasteiger partial charge in [-0.2, -0.15) is 26.3 Å². The second-order valence-electron chi connectivity index (χ2n) is 7.96. The van der Waals surface area contributed by atoms with E-state index in [1.807, 2.05) is 0 Å². The van der Waals surface area contributed by atoms with E-state index in [1.165, 1.54) is 13.8 Å². The van der Waals surface area contributed by atoms with Crippen LogP contribution >= 0.6 is 0 Å². The fraction of sp³-hybridized carbons (Fsp3) is 0.875. The van der Waals surface area contributed by atoms with Crippen molar-refractivity contribution in [2.24, 2.45) is 11.3 Å². The molecule has 27 heavy (non-hydrogen) atoms. The number of nitrogens with one attached hydrogen (secondary N) is 1. The zero-order valence-electron chi connectivity index (χ0n) is 15.7. The van der Waals surface area contributed by atoms with Crippen LogP contribution in [0.3, 0.4) is 0 Å². The van der Waals surface area contributed by atoms with Gasteiger partial charge in [0.2, 0.25) is 5.91 Å². The summed E-state index contributed by atoms with van der Waals surface area (Å²) in [4.78, 5) is 24.9. The smallest absolute Gasteiger partial charge is 0.408 e. The minimum absolute atomic E-state index is 0.503. The molecule has 0 aromatic carbocycles. The number of alkyl halides is 6. The predicted octanol–water partition coefficient (Wildman–Crippen LogP) is 3.88. The zero-order valence-corrected chi connectivity index (χ0v) is 15.7. The molecular weight excluding hydrogens is 382 g/mol. The Morgan fingerprint density at radius 3 is 1.85 bits per heavy atom. The molecule has 2 amide bonds. The van der Waals surface area contributed by atoms with Gasteiger partial charge in [0, 0.05) is 13.1 Å². The van der Waals surface area contributed by atoms with Crippen molar-refractivity contribution in [2.75, 3.05) is 13.1 Å². The van der Waals surface area contributed by atoms with Crippen molar-refractivity contribution in [3.63, 3.8) is 0 Å². The maximum Gasteiger partial charge on any atom is 0.408 e. The van der Waals surface area contributed by atoms with Crippen LogP contribution in [-0.2, 0) is 9.53 Å². The third-order valence-electron chi connectivity index (χ3n) is 4.27. The number of likely N-dealkylation sites (tertiary alicyclic amines) is 1. The quantitative estimate of drug-likeness (QED) is 0.724. The molecule has 11 heteroatoms. The summed E-state index contributed by atoms with van der Waals surface area (Å²) in [5.74, 6) is -1.58. The Morgan fingerprint density at radius 1 is 1.04 bits per heavy atom. The lowest BCUT2D eigenvalue weighted by atomic mass is 9.85. The first-order valence-electron chi connectivity index (χ1n) is 8.33. The van der Waals surface area contributed by atoms with E-state index in [9.17, 15) is 35.9 Å². The number of hydrogen-bond acceptors (Lipinski definition) is 3. The Morgan fingerprint density at radius 2 is 1.52 bits per heavy atom. The van der Waals surface area contributed by atoms with Gasteiger partial charge in [0.1, 0.15) is 11.6 Å². The summed E-state index contributed by atoms with van der Waals surface area (Å²) in [5.41, 5.74) is -4.85. The Balaban J connectivity index is 3.01. The standard InChI is InChI=1S/C16H24F6N2O3/c1-9(2)10(23-12(26)27-13(3,4)5)11(25)24-7-6-14(8-24,15(17,18)19)16(20,21)22/h9-10H,6-8H2,1-5H3,(H,23,26). The Labute approximate surface area is 153 Å². The minimum Gasteiger partial charge on any atom is -0.444 e. The molecule has 1 unspecified atom stereocenters. The third-order valence-corrected chi connectivity index (χ3v) is 4.27. The van der Waals surface area contributed by atoms with Gasteiger partial charge in [-0.25, -0.2) is 4.79 Å². The molecule has 0 spiro atoms. The summed E-state index contributed by atoms with van der Waals surface area (Å²) in [6, 6.07) is -1.31. The highest BCUT2D eigenvalue weighted by molar-refractivity contribution is 5.86. The Hall–Kier alpha value is -1.68. The van der Waals surface area contributed by atoms with Gasteiger partial charge in [-0.1, -0.05) is 13.8 Å². The summed E-state index contributed by atoms with van der Waals surface area (Å²) in [6.45, 7) is 5.49. The van der Waals surface area contributed by atoms with E-state index < -0.39 is 66.8 Å². The first-order valence-corrected chi connectivity index (χ1v) is 8.33. The molecule has 0 aliphatic carbocycles. The van der Waals surface area contributed by atoms with Gasteiger partial charge in [0.25, 0.3) is 0 Å². The lowest BCUT2D eigenvalue weighted by molar-refractivity contribution is -0.334. The highest BCUT2D eigenvalue weighted by Gasteiger charge is 2.73. The third kappa shape index (κ3) is 5.19. The number of carbonyl (C=O) groups excluding carboxylic acids is 2. The molecule has 0 bridgehead atoms. The van der Waals surface area contributed by atoms with Gasteiger partial charge < -0.3 is 15.0 Å². The summed E-state index contributed by atoms with van der Waals surface area (Å²) in [7, 11) is 0. The first-order chi connectivity index (χ1) is 11.9. The van der Waals surface area contributed by atoms with Crippen molar-refractivity contribution >= 4 is 12.0 Å². The fourth-order valence-corrected chi connectivity index (χ4v) is 2.77. The number of carbonyl (C=O) groups is 2. The van der Waals surface area contributed by atoms with E-state index in [2.05, 4.69) is 5.32 Å². The molecule has 5 nitrogen and oxygen atoms in total. The number of ether oxygens (including phenoxy) is 1. The molecule has 1 fully saturated rings. The highest BCUT2D eigenvalue weighted by atomic mass is 19.4. The Bertz CT molecular complexity index is 552. The first kappa shape index (κ1) is 23.4. The molecule has 0 radical (unpaired) electrons. The number of rotatable bonds is 3. The summed E-state index contributed by atoms with van der Waals surface area (Å²) >= 11 is 0. The molecule has 1 atom stereocenters. The van der Waals surface area contributed by atoms with Gasteiger partial charge in [-0.05, 0) is 33.1 Å². The molecule has 1 aliphatic heterocycles. The average molecular weight is 406 g/mol. The van der Waals surface area contributed by atoms with Crippen LogP contribution in [0.2, 0.25) is 0 Å². The molecular formula is C16H24F6N2O3. The lowest BCUT2D eigenvalue weighted by Gasteiger charge is -2.34. The number of nitrogens with zero attached hydrogens (tertiary/aromatic N) is 1. The van der Waals surface area contributed by atoms with Crippen molar-refractivity contribution in [3.8, 4) is 0 Å².